The summed E-state index contributed by atoms with van der Waals surface area (Å²) in [4.78, 5) is 2.25. The number of rotatable bonds is 5. The highest BCUT2D eigenvalue weighted by Gasteiger charge is 2.24. The molecule has 2 aliphatic heterocycles. The SMILES string of the molecule is CN1CCC(CNS(=O)(=O)CC2CCCN2)C1. The lowest BCUT2D eigenvalue weighted by molar-refractivity contribution is 0.394. The zero-order chi connectivity index (χ0) is 12.3. The minimum absolute atomic E-state index is 0.152. The average Bonchev–Trinajstić information content (AvgIpc) is 2.86. The Balaban J connectivity index is 1.73. The second kappa shape index (κ2) is 5.65. The van der Waals surface area contributed by atoms with Gasteiger partial charge in [-0.15, -0.1) is 0 Å². The van der Waals surface area contributed by atoms with Gasteiger partial charge in [0.2, 0.25) is 10.0 Å². The van der Waals surface area contributed by atoms with Crippen molar-refractivity contribution in [2.75, 3.05) is 39.0 Å². The molecule has 0 aromatic carbocycles. The average molecular weight is 261 g/mol. The highest BCUT2D eigenvalue weighted by Crippen LogP contribution is 2.13. The molecule has 0 aliphatic carbocycles. The molecule has 17 heavy (non-hydrogen) atoms. The number of nitrogens with one attached hydrogen (secondary N) is 2. The quantitative estimate of drug-likeness (QED) is 0.707. The third-order valence-electron chi connectivity index (χ3n) is 3.66. The predicted octanol–water partition coefficient (Wildman–Crippen LogP) is -0.390. The third-order valence-corrected chi connectivity index (χ3v) is 5.11. The maximum absolute atomic E-state index is 11.9. The van der Waals surface area contributed by atoms with Crippen molar-refractivity contribution in [3.63, 3.8) is 0 Å². The Labute approximate surface area is 104 Å². The van der Waals surface area contributed by atoms with Gasteiger partial charge in [-0.1, -0.05) is 0 Å². The van der Waals surface area contributed by atoms with E-state index in [0.717, 1.165) is 38.9 Å². The van der Waals surface area contributed by atoms with E-state index < -0.39 is 10.0 Å². The molecular formula is C11H23N3O2S. The zero-order valence-electron chi connectivity index (χ0n) is 10.5. The molecule has 0 amide bonds. The lowest BCUT2D eigenvalue weighted by Gasteiger charge is -2.14. The van der Waals surface area contributed by atoms with Gasteiger partial charge in [-0.05, 0) is 45.3 Å². The van der Waals surface area contributed by atoms with Crippen LogP contribution in [0.2, 0.25) is 0 Å². The molecule has 2 heterocycles. The summed E-state index contributed by atoms with van der Waals surface area (Å²) in [5.74, 6) is 0.710. The van der Waals surface area contributed by atoms with Gasteiger partial charge in [0.05, 0.1) is 5.75 Å². The third kappa shape index (κ3) is 4.21. The fourth-order valence-electron chi connectivity index (χ4n) is 2.66. The van der Waals surface area contributed by atoms with Gasteiger partial charge in [-0.2, -0.15) is 0 Å². The monoisotopic (exact) mass is 261 g/mol. The molecule has 0 aromatic heterocycles. The van der Waals surface area contributed by atoms with Crippen molar-refractivity contribution in [2.45, 2.75) is 25.3 Å². The Kier molecular flexibility index (Phi) is 4.41. The molecule has 2 atom stereocenters. The summed E-state index contributed by atoms with van der Waals surface area (Å²) < 4.78 is 26.5. The summed E-state index contributed by atoms with van der Waals surface area (Å²) in [5.41, 5.74) is 0. The van der Waals surface area contributed by atoms with Gasteiger partial charge in [0.15, 0.2) is 0 Å². The second-order valence-electron chi connectivity index (χ2n) is 5.34. The van der Waals surface area contributed by atoms with Crippen LogP contribution in [0, 0.1) is 5.92 Å². The maximum Gasteiger partial charge on any atom is 0.213 e. The molecule has 2 saturated heterocycles. The molecule has 2 aliphatic rings. The van der Waals surface area contributed by atoms with Gasteiger partial charge in [-0.3, -0.25) is 0 Å². The molecule has 100 valence electrons. The van der Waals surface area contributed by atoms with Crippen molar-refractivity contribution in [3.8, 4) is 0 Å². The van der Waals surface area contributed by atoms with Gasteiger partial charge in [0.25, 0.3) is 0 Å². The van der Waals surface area contributed by atoms with Crippen molar-refractivity contribution >= 4 is 10.0 Å². The Morgan fingerprint density at radius 3 is 2.82 bits per heavy atom. The highest BCUT2D eigenvalue weighted by atomic mass is 32.2. The second-order valence-corrected chi connectivity index (χ2v) is 7.19. The molecular weight excluding hydrogens is 238 g/mol. The first kappa shape index (κ1) is 13.3. The first-order valence-electron chi connectivity index (χ1n) is 6.44. The molecule has 0 saturated carbocycles. The van der Waals surface area contributed by atoms with E-state index >= 15 is 0 Å². The van der Waals surface area contributed by atoms with Crippen LogP contribution in [-0.2, 0) is 10.0 Å². The van der Waals surface area contributed by atoms with Crippen molar-refractivity contribution in [1.29, 1.82) is 0 Å². The van der Waals surface area contributed by atoms with Crippen molar-refractivity contribution < 1.29 is 8.42 Å². The van der Waals surface area contributed by atoms with Crippen LogP contribution in [0.1, 0.15) is 19.3 Å². The molecule has 0 spiro atoms. The summed E-state index contributed by atoms with van der Waals surface area (Å²) in [6.45, 7) is 3.63. The summed E-state index contributed by atoms with van der Waals surface area (Å²) in [6.07, 6.45) is 3.17. The first-order chi connectivity index (χ1) is 8.05. The van der Waals surface area contributed by atoms with E-state index in [0.29, 0.717) is 12.5 Å². The van der Waals surface area contributed by atoms with Crippen LogP contribution in [0.15, 0.2) is 0 Å². The summed E-state index contributed by atoms with van der Waals surface area (Å²) in [7, 11) is -1.02. The van der Waals surface area contributed by atoms with Crippen LogP contribution < -0.4 is 10.0 Å². The fourth-order valence-corrected chi connectivity index (χ4v) is 4.08. The van der Waals surface area contributed by atoms with E-state index in [2.05, 4.69) is 22.0 Å². The molecule has 2 rings (SSSR count). The van der Waals surface area contributed by atoms with E-state index in [4.69, 9.17) is 0 Å². The smallest absolute Gasteiger partial charge is 0.213 e. The molecule has 6 heteroatoms. The largest absolute Gasteiger partial charge is 0.313 e. The van der Waals surface area contributed by atoms with Crippen molar-refractivity contribution in [3.05, 3.63) is 0 Å². The highest BCUT2D eigenvalue weighted by molar-refractivity contribution is 7.89. The van der Waals surface area contributed by atoms with Gasteiger partial charge < -0.3 is 10.2 Å². The van der Waals surface area contributed by atoms with Crippen LogP contribution >= 0.6 is 0 Å². The van der Waals surface area contributed by atoms with E-state index in [1.54, 1.807) is 0 Å². The van der Waals surface area contributed by atoms with Crippen LogP contribution in [-0.4, -0.2) is 58.3 Å². The molecule has 0 aromatic rings. The molecule has 2 unspecified atom stereocenters. The van der Waals surface area contributed by atoms with Crippen molar-refractivity contribution in [1.82, 2.24) is 14.9 Å². The van der Waals surface area contributed by atoms with Gasteiger partial charge >= 0.3 is 0 Å². The first-order valence-corrected chi connectivity index (χ1v) is 8.10. The van der Waals surface area contributed by atoms with E-state index in [9.17, 15) is 8.42 Å². The number of likely N-dealkylation sites (tertiary alicyclic amines) is 1. The Morgan fingerprint density at radius 1 is 1.41 bits per heavy atom. The van der Waals surface area contributed by atoms with Crippen LogP contribution in [0.5, 0.6) is 0 Å². The number of hydrogen-bond acceptors (Lipinski definition) is 4. The standard InChI is InChI=1S/C11H23N3O2S/c1-14-6-4-10(8-14)7-13-17(15,16)9-11-3-2-5-12-11/h10-13H,2-9H2,1H3. The van der Waals surface area contributed by atoms with Crippen LogP contribution in [0.25, 0.3) is 0 Å². The minimum atomic E-state index is -3.10. The summed E-state index contributed by atoms with van der Waals surface area (Å²) in [6, 6.07) is 0.152. The summed E-state index contributed by atoms with van der Waals surface area (Å²) >= 11 is 0. The minimum Gasteiger partial charge on any atom is -0.313 e. The van der Waals surface area contributed by atoms with E-state index in [-0.39, 0.29) is 11.8 Å². The Bertz CT molecular complexity index is 339. The van der Waals surface area contributed by atoms with Crippen LogP contribution in [0.3, 0.4) is 0 Å². The normalized spacial score (nSPS) is 31.1. The Hall–Kier alpha value is -0.170. The molecule has 0 radical (unpaired) electrons. The predicted molar refractivity (Wildman–Crippen MR) is 68.4 cm³/mol. The number of hydrogen-bond donors (Lipinski definition) is 2. The fraction of sp³-hybridized carbons (Fsp3) is 1.00. The zero-order valence-corrected chi connectivity index (χ0v) is 11.3. The van der Waals surface area contributed by atoms with Crippen LogP contribution in [0.4, 0.5) is 0 Å². The van der Waals surface area contributed by atoms with Crippen molar-refractivity contribution in [2.24, 2.45) is 5.92 Å². The lowest BCUT2D eigenvalue weighted by Crippen LogP contribution is -2.38. The van der Waals surface area contributed by atoms with E-state index in [1.165, 1.54) is 0 Å². The molecule has 0 bridgehead atoms. The molecule has 5 nitrogen and oxygen atoms in total. The maximum atomic E-state index is 11.9. The van der Waals surface area contributed by atoms with Gasteiger partial charge in [-0.25, -0.2) is 13.1 Å². The lowest BCUT2D eigenvalue weighted by atomic mass is 10.1. The Morgan fingerprint density at radius 2 is 2.24 bits per heavy atom. The molecule has 2 fully saturated rings. The van der Waals surface area contributed by atoms with Gasteiger partial charge in [0.1, 0.15) is 0 Å². The van der Waals surface area contributed by atoms with Gasteiger partial charge in [0, 0.05) is 19.1 Å². The number of sulfonamides is 1. The van der Waals surface area contributed by atoms with E-state index in [1.807, 2.05) is 0 Å². The topological polar surface area (TPSA) is 61.4 Å². The summed E-state index contributed by atoms with van der Waals surface area (Å²) in [5, 5.41) is 3.22. The molecule has 2 N–H and O–H groups in total. The number of nitrogens with zero attached hydrogens (tertiary/aromatic N) is 1.